The second kappa shape index (κ2) is 5.75. The third-order valence-electron chi connectivity index (χ3n) is 3.80. The maximum atomic E-state index is 10.9. The van der Waals surface area contributed by atoms with Crippen LogP contribution in [0.25, 0.3) is 22.5 Å². The van der Waals surface area contributed by atoms with Gasteiger partial charge in [-0.25, -0.2) is 14.5 Å². The van der Waals surface area contributed by atoms with E-state index in [-0.39, 0.29) is 11.5 Å². The molecule has 1 aromatic carbocycles. The number of carboxylic acid groups (broad SMARTS) is 1. The van der Waals surface area contributed by atoms with Gasteiger partial charge in [0, 0.05) is 0 Å². The van der Waals surface area contributed by atoms with Crippen LogP contribution in [0.1, 0.15) is 15.9 Å². The predicted octanol–water partition coefficient (Wildman–Crippen LogP) is 2.42. The van der Waals surface area contributed by atoms with Crippen LogP contribution in [-0.2, 0) is 6.54 Å². The molecule has 0 saturated heterocycles. The molecule has 0 aliphatic heterocycles. The van der Waals surface area contributed by atoms with Gasteiger partial charge in [0.1, 0.15) is 5.69 Å². The number of rotatable bonds is 4. The Labute approximate surface area is 141 Å². The molecule has 3 aromatic heterocycles. The van der Waals surface area contributed by atoms with Crippen LogP contribution in [-0.4, -0.2) is 30.8 Å². The smallest absolute Gasteiger partial charge is 0.335 e. The average molecular weight is 335 g/mol. The van der Waals surface area contributed by atoms with Gasteiger partial charge < -0.3 is 15.3 Å². The summed E-state index contributed by atoms with van der Waals surface area (Å²) >= 11 is 0. The van der Waals surface area contributed by atoms with Crippen LogP contribution in [0.15, 0.2) is 53.3 Å². The molecular weight excluding hydrogens is 322 g/mol. The number of furan rings is 1. The summed E-state index contributed by atoms with van der Waals surface area (Å²) in [4.78, 5) is 19.5. The van der Waals surface area contributed by atoms with Crippen LogP contribution >= 0.6 is 0 Å². The minimum absolute atomic E-state index is 0.127. The molecule has 8 heteroatoms. The number of carboxylic acids is 1. The highest BCUT2D eigenvalue weighted by Crippen LogP contribution is 2.27. The molecule has 3 heterocycles. The van der Waals surface area contributed by atoms with Crippen molar-refractivity contribution in [1.29, 1.82) is 0 Å². The van der Waals surface area contributed by atoms with Crippen LogP contribution < -0.4 is 5.73 Å². The molecule has 0 aliphatic rings. The number of carbonyl (C=O) groups is 1. The van der Waals surface area contributed by atoms with Gasteiger partial charge >= 0.3 is 5.97 Å². The van der Waals surface area contributed by atoms with E-state index < -0.39 is 5.97 Å². The van der Waals surface area contributed by atoms with Gasteiger partial charge in [-0.15, -0.1) is 0 Å². The number of benzene rings is 1. The van der Waals surface area contributed by atoms with E-state index >= 15 is 0 Å². The fourth-order valence-corrected chi connectivity index (χ4v) is 2.61. The Morgan fingerprint density at radius 2 is 2.00 bits per heavy atom. The molecule has 0 bridgehead atoms. The van der Waals surface area contributed by atoms with Crippen LogP contribution in [0.4, 0.5) is 5.95 Å². The first-order chi connectivity index (χ1) is 12.1. The van der Waals surface area contributed by atoms with E-state index in [2.05, 4.69) is 15.1 Å². The second-order valence-electron chi connectivity index (χ2n) is 5.45. The highest BCUT2D eigenvalue weighted by Gasteiger charge is 2.15. The third kappa shape index (κ3) is 2.69. The Balaban J connectivity index is 1.75. The van der Waals surface area contributed by atoms with Crippen molar-refractivity contribution in [1.82, 2.24) is 19.7 Å². The number of nitrogens with two attached hydrogens (primary N) is 1. The molecule has 0 unspecified atom stereocenters. The second-order valence-corrected chi connectivity index (χ2v) is 5.45. The molecule has 4 rings (SSSR count). The number of fused-ring (bicyclic) bond motifs is 1. The van der Waals surface area contributed by atoms with E-state index in [1.54, 1.807) is 53.5 Å². The zero-order valence-corrected chi connectivity index (χ0v) is 13.0. The highest BCUT2D eigenvalue weighted by molar-refractivity contribution is 5.89. The van der Waals surface area contributed by atoms with Gasteiger partial charge in [0.05, 0.1) is 30.0 Å². The Morgan fingerprint density at radius 1 is 1.20 bits per heavy atom. The summed E-state index contributed by atoms with van der Waals surface area (Å²) in [5.74, 6) is -0.244. The van der Waals surface area contributed by atoms with Crippen molar-refractivity contribution in [3.05, 3.63) is 60.0 Å². The molecule has 124 valence electrons. The zero-order chi connectivity index (χ0) is 17.4. The standard InChI is InChI=1S/C17H13N5O3/c18-17-20-14(13-2-1-7-25-13)12-8-19-22(15(12)21-17)9-10-3-5-11(6-4-10)16(23)24/h1-8H,9H2,(H,23,24)(H2,18,20,21). The van der Waals surface area contributed by atoms with E-state index in [1.165, 1.54) is 0 Å². The molecule has 0 spiro atoms. The molecule has 0 amide bonds. The highest BCUT2D eigenvalue weighted by atomic mass is 16.4. The Bertz CT molecular complexity index is 1050. The Kier molecular flexibility index (Phi) is 3.42. The van der Waals surface area contributed by atoms with Gasteiger partial charge in [0.25, 0.3) is 0 Å². The first-order valence-corrected chi connectivity index (χ1v) is 7.47. The lowest BCUT2D eigenvalue weighted by molar-refractivity contribution is 0.0697. The van der Waals surface area contributed by atoms with Crippen molar-refractivity contribution in [3.8, 4) is 11.5 Å². The minimum Gasteiger partial charge on any atom is -0.478 e. The third-order valence-corrected chi connectivity index (χ3v) is 3.80. The monoisotopic (exact) mass is 335 g/mol. The number of anilines is 1. The van der Waals surface area contributed by atoms with Crippen molar-refractivity contribution in [2.24, 2.45) is 0 Å². The normalized spacial score (nSPS) is 11.0. The quantitative estimate of drug-likeness (QED) is 0.587. The van der Waals surface area contributed by atoms with Crippen LogP contribution in [0.2, 0.25) is 0 Å². The lowest BCUT2D eigenvalue weighted by Crippen LogP contribution is -2.05. The summed E-state index contributed by atoms with van der Waals surface area (Å²) in [6, 6.07) is 10.2. The Morgan fingerprint density at radius 3 is 2.68 bits per heavy atom. The number of hydrogen-bond acceptors (Lipinski definition) is 6. The number of aromatic nitrogens is 4. The molecule has 0 atom stereocenters. The molecule has 25 heavy (non-hydrogen) atoms. The van der Waals surface area contributed by atoms with Crippen molar-refractivity contribution in [2.75, 3.05) is 5.73 Å². The summed E-state index contributed by atoms with van der Waals surface area (Å²) < 4.78 is 7.10. The molecule has 0 saturated carbocycles. The number of aromatic carboxylic acids is 1. The van der Waals surface area contributed by atoms with Gasteiger partial charge in [0.15, 0.2) is 11.4 Å². The van der Waals surface area contributed by atoms with E-state index in [4.69, 9.17) is 15.3 Å². The van der Waals surface area contributed by atoms with E-state index in [0.717, 1.165) is 10.9 Å². The average Bonchev–Trinajstić information content (AvgIpc) is 3.25. The van der Waals surface area contributed by atoms with Gasteiger partial charge in [-0.3, -0.25) is 0 Å². The summed E-state index contributed by atoms with van der Waals surface area (Å²) in [7, 11) is 0. The molecule has 0 aliphatic carbocycles. The van der Waals surface area contributed by atoms with Crippen molar-refractivity contribution in [2.45, 2.75) is 6.54 Å². The molecule has 3 N–H and O–H groups in total. The zero-order valence-electron chi connectivity index (χ0n) is 13.0. The van der Waals surface area contributed by atoms with E-state index in [0.29, 0.717) is 23.6 Å². The SMILES string of the molecule is Nc1nc(-c2ccco2)c2cnn(Cc3ccc(C(=O)O)cc3)c2n1. The number of hydrogen-bond donors (Lipinski definition) is 2. The van der Waals surface area contributed by atoms with E-state index in [1.807, 2.05) is 0 Å². The first kappa shape index (κ1) is 14.9. The van der Waals surface area contributed by atoms with Crippen LogP contribution in [0.5, 0.6) is 0 Å². The van der Waals surface area contributed by atoms with Gasteiger partial charge in [-0.2, -0.15) is 10.1 Å². The Hall–Kier alpha value is -3.68. The minimum atomic E-state index is -0.959. The van der Waals surface area contributed by atoms with Crippen LogP contribution in [0, 0.1) is 0 Å². The lowest BCUT2D eigenvalue weighted by atomic mass is 10.1. The topological polar surface area (TPSA) is 120 Å². The fraction of sp³-hybridized carbons (Fsp3) is 0.0588. The molecule has 4 aromatic rings. The lowest BCUT2D eigenvalue weighted by Gasteiger charge is -2.05. The van der Waals surface area contributed by atoms with Crippen molar-refractivity contribution < 1.29 is 14.3 Å². The van der Waals surface area contributed by atoms with Crippen molar-refractivity contribution in [3.63, 3.8) is 0 Å². The molecule has 0 fully saturated rings. The molecular formula is C17H13N5O3. The summed E-state index contributed by atoms with van der Waals surface area (Å²) in [6.07, 6.45) is 3.23. The van der Waals surface area contributed by atoms with E-state index in [9.17, 15) is 4.79 Å². The van der Waals surface area contributed by atoms with Crippen molar-refractivity contribution >= 4 is 23.0 Å². The van der Waals surface area contributed by atoms with Gasteiger partial charge in [0.2, 0.25) is 5.95 Å². The maximum absolute atomic E-state index is 10.9. The number of nitrogen functional groups attached to an aromatic ring is 1. The van der Waals surface area contributed by atoms with Crippen LogP contribution in [0.3, 0.4) is 0 Å². The largest absolute Gasteiger partial charge is 0.478 e. The van der Waals surface area contributed by atoms with Gasteiger partial charge in [-0.05, 0) is 29.8 Å². The fourth-order valence-electron chi connectivity index (χ4n) is 2.61. The van der Waals surface area contributed by atoms with Gasteiger partial charge in [-0.1, -0.05) is 12.1 Å². The first-order valence-electron chi connectivity index (χ1n) is 7.47. The maximum Gasteiger partial charge on any atom is 0.335 e. The molecule has 8 nitrogen and oxygen atoms in total. The summed E-state index contributed by atoms with van der Waals surface area (Å²) in [5.41, 5.74) is 8.13. The predicted molar refractivity (Wildman–Crippen MR) is 89.9 cm³/mol. The summed E-state index contributed by atoms with van der Waals surface area (Å²) in [6.45, 7) is 0.428. The summed E-state index contributed by atoms with van der Waals surface area (Å²) in [5, 5.41) is 14.1. The molecule has 0 radical (unpaired) electrons. The number of nitrogens with zero attached hydrogens (tertiary/aromatic N) is 4.